The van der Waals surface area contributed by atoms with E-state index >= 15 is 0 Å². The van der Waals surface area contributed by atoms with Crippen LogP contribution in [0.5, 0.6) is 0 Å². The van der Waals surface area contributed by atoms with Crippen LogP contribution in [0.15, 0.2) is 38.9 Å². The summed E-state index contributed by atoms with van der Waals surface area (Å²) in [6.45, 7) is 4.95. The van der Waals surface area contributed by atoms with Crippen molar-refractivity contribution in [1.29, 1.82) is 0 Å². The van der Waals surface area contributed by atoms with Gasteiger partial charge in [0.1, 0.15) is 21.7 Å². The minimum Gasteiger partial charge on any atom is -0.370 e. The van der Waals surface area contributed by atoms with Gasteiger partial charge in [-0.25, -0.2) is 15.0 Å². The Morgan fingerprint density at radius 2 is 2.16 bits per heavy atom. The van der Waals surface area contributed by atoms with Crippen LogP contribution in [-0.2, 0) is 6.42 Å². The second-order valence-electron chi connectivity index (χ2n) is 3.78. The Hall–Kier alpha value is -1.14. The summed E-state index contributed by atoms with van der Waals surface area (Å²) < 4.78 is 0.974. The smallest absolute Gasteiger partial charge is 0.131 e. The summed E-state index contributed by atoms with van der Waals surface area (Å²) in [6.07, 6.45) is 2.59. The average Bonchev–Trinajstić information content (AvgIpc) is 2.41. The van der Waals surface area contributed by atoms with Gasteiger partial charge in [-0.05, 0) is 46.7 Å². The van der Waals surface area contributed by atoms with Crippen molar-refractivity contribution in [3.05, 3.63) is 34.7 Å². The van der Waals surface area contributed by atoms with E-state index in [2.05, 4.69) is 50.0 Å². The molecule has 0 amide bonds. The maximum absolute atomic E-state index is 4.52. The number of hydrogen-bond donors (Lipinski definition) is 1. The van der Waals surface area contributed by atoms with E-state index in [-0.39, 0.29) is 0 Å². The van der Waals surface area contributed by atoms with Crippen molar-refractivity contribution >= 4 is 33.5 Å². The lowest BCUT2D eigenvalue weighted by atomic mass is 10.4. The molecule has 2 rings (SSSR count). The highest BCUT2D eigenvalue weighted by molar-refractivity contribution is 9.10. The summed E-state index contributed by atoms with van der Waals surface area (Å²) in [5, 5.41) is 5.04. The molecule has 4 nitrogen and oxygen atoms in total. The first-order valence-corrected chi connectivity index (χ1v) is 7.74. The van der Waals surface area contributed by atoms with Crippen LogP contribution in [0.2, 0.25) is 0 Å². The van der Waals surface area contributed by atoms with Gasteiger partial charge in [0.15, 0.2) is 0 Å². The van der Waals surface area contributed by atoms with Crippen molar-refractivity contribution in [1.82, 2.24) is 15.0 Å². The molecule has 0 unspecified atom stereocenters. The third-order valence-corrected chi connectivity index (χ3v) is 4.19. The predicted octanol–water partition coefficient (Wildman–Crippen LogP) is 3.78. The summed E-state index contributed by atoms with van der Waals surface area (Å²) in [5.41, 5.74) is 0. The zero-order valence-corrected chi connectivity index (χ0v) is 13.3. The number of anilines is 1. The molecule has 2 heterocycles. The molecule has 100 valence electrons. The topological polar surface area (TPSA) is 50.7 Å². The molecule has 0 aromatic carbocycles. The van der Waals surface area contributed by atoms with E-state index in [1.807, 2.05) is 18.2 Å². The zero-order valence-electron chi connectivity index (χ0n) is 10.9. The third-order valence-electron chi connectivity index (χ3n) is 2.35. The number of aromatic nitrogens is 3. The Balaban J connectivity index is 2.29. The Bertz CT molecular complexity index is 562. The number of nitrogens with zero attached hydrogens (tertiary/aromatic N) is 3. The summed E-state index contributed by atoms with van der Waals surface area (Å²) in [5.74, 6) is 1.71. The lowest BCUT2D eigenvalue weighted by Gasteiger charge is -2.08. The highest BCUT2D eigenvalue weighted by atomic mass is 79.9. The molecule has 2 aromatic rings. The van der Waals surface area contributed by atoms with Crippen molar-refractivity contribution in [3.8, 4) is 0 Å². The Labute approximate surface area is 125 Å². The molecule has 2 aromatic heterocycles. The van der Waals surface area contributed by atoms with Gasteiger partial charge in [-0.1, -0.05) is 6.92 Å². The molecule has 0 atom stereocenters. The minimum absolute atomic E-state index is 0.816. The minimum atomic E-state index is 0.816. The molecule has 0 saturated heterocycles. The van der Waals surface area contributed by atoms with Crippen LogP contribution in [0.4, 0.5) is 5.82 Å². The zero-order chi connectivity index (χ0) is 13.7. The fraction of sp³-hybridized carbons (Fsp3) is 0.308. The van der Waals surface area contributed by atoms with E-state index in [4.69, 9.17) is 0 Å². The van der Waals surface area contributed by atoms with Gasteiger partial charge >= 0.3 is 0 Å². The van der Waals surface area contributed by atoms with E-state index in [1.165, 1.54) is 11.8 Å². The Kier molecular flexibility index (Phi) is 5.15. The number of nitrogens with one attached hydrogen (secondary N) is 1. The average molecular weight is 339 g/mol. The lowest BCUT2D eigenvalue weighted by Crippen LogP contribution is -2.03. The van der Waals surface area contributed by atoms with Gasteiger partial charge in [0, 0.05) is 25.2 Å². The highest BCUT2D eigenvalue weighted by Gasteiger charge is 2.08. The number of pyridine rings is 1. The van der Waals surface area contributed by atoms with Gasteiger partial charge in [0.05, 0.1) is 4.47 Å². The highest BCUT2D eigenvalue weighted by Crippen LogP contribution is 2.31. The monoisotopic (exact) mass is 338 g/mol. The van der Waals surface area contributed by atoms with E-state index in [1.54, 1.807) is 6.20 Å². The fourth-order valence-electron chi connectivity index (χ4n) is 1.50. The van der Waals surface area contributed by atoms with Gasteiger partial charge < -0.3 is 5.32 Å². The van der Waals surface area contributed by atoms with E-state index < -0.39 is 0 Å². The van der Waals surface area contributed by atoms with Crippen molar-refractivity contribution in [2.45, 2.75) is 30.3 Å². The standard InChI is InChI=1S/C13H15BrN4S/c1-3-10-17-11(15-4-2)8-12(18-10)19-13-9(14)6-5-7-16-13/h5-8H,3-4H2,1-2H3,(H,15,17,18). The largest absolute Gasteiger partial charge is 0.370 e. The molecule has 0 bridgehead atoms. The molecule has 0 saturated carbocycles. The molecule has 6 heteroatoms. The van der Waals surface area contributed by atoms with Crippen LogP contribution in [-0.4, -0.2) is 21.5 Å². The molecular weight excluding hydrogens is 324 g/mol. The molecule has 0 fully saturated rings. The molecule has 0 spiro atoms. The summed E-state index contributed by atoms with van der Waals surface area (Å²) in [7, 11) is 0. The number of hydrogen-bond acceptors (Lipinski definition) is 5. The van der Waals surface area contributed by atoms with Crippen molar-refractivity contribution in [3.63, 3.8) is 0 Å². The summed E-state index contributed by atoms with van der Waals surface area (Å²) in [4.78, 5) is 13.3. The predicted molar refractivity (Wildman–Crippen MR) is 81.6 cm³/mol. The second-order valence-corrected chi connectivity index (χ2v) is 5.65. The maximum atomic E-state index is 4.52. The van der Waals surface area contributed by atoms with Crippen molar-refractivity contribution in [2.75, 3.05) is 11.9 Å². The van der Waals surface area contributed by atoms with Gasteiger partial charge in [0.25, 0.3) is 0 Å². The van der Waals surface area contributed by atoms with Crippen LogP contribution in [0.3, 0.4) is 0 Å². The van der Waals surface area contributed by atoms with E-state index in [9.17, 15) is 0 Å². The molecule has 0 aliphatic carbocycles. The van der Waals surface area contributed by atoms with Crippen LogP contribution in [0.1, 0.15) is 19.7 Å². The van der Waals surface area contributed by atoms with E-state index in [0.29, 0.717) is 0 Å². The molecule has 0 aliphatic rings. The van der Waals surface area contributed by atoms with Crippen LogP contribution >= 0.6 is 27.7 Å². The number of aryl methyl sites for hydroxylation is 1. The molecule has 19 heavy (non-hydrogen) atoms. The van der Waals surface area contributed by atoms with Crippen molar-refractivity contribution in [2.24, 2.45) is 0 Å². The number of halogens is 1. The summed E-state index contributed by atoms with van der Waals surface area (Å²) >= 11 is 5.03. The quantitative estimate of drug-likeness (QED) is 0.840. The Morgan fingerprint density at radius 1 is 1.32 bits per heavy atom. The van der Waals surface area contributed by atoms with Gasteiger partial charge in [-0.15, -0.1) is 0 Å². The first-order valence-electron chi connectivity index (χ1n) is 6.13. The van der Waals surface area contributed by atoms with Crippen LogP contribution < -0.4 is 5.32 Å². The maximum Gasteiger partial charge on any atom is 0.131 e. The third kappa shape index (κ3) is 3.91. The van der Waals surface area contributed by atoms with Gasteiger partial charge in [0.2, 0.25) is 0 Å². The normalized spacial score (nSPS) is 10.5. The van der Waals surface area contributed by atoms with Crippen molar-refractivity contribution < 1.29 is 0 Å². The lowest BCUT2D eigenvalue weighted by molar-refractivity contribution is 0.885. The molecule has 0 radical (unpaired) electrons. The molecular formula is C13H15BrN4S. The van der Waals surface area contributed by atoms with Crippen LogP contribution in [0.25, 0.3) is 0 Å². The van der Waals surface area contributed by atoms with Gasteiger partial charge in [-0.2, -0.15) is 0 Å². The molecule has 0 aliphatic heterocycles. The first kappa shape index (κ1) is 14.3. The van der Waals surface area contributed by atoms with Crippen LogP contribution in [0, 0.1) is 0 Å². The number of rotatable bonds is 5. The fourth-order valence-corrected chi connectivity index (χ4v) is 2.80. The molecule has 1 N–H and O–H groups in total. The van der Waals surface area contributed by atoms with E-state index in [0.717, 1.165) is 39.1 Å². The van der Waals surface area contributed by atoms with Gasteiger partial charge in [-0.3, -0.25) is 0 Å². The summed E-state index contributed by atoms with van der Waals surface area (Å²) in [6, 6.07) is 5.83. The second kappa shape index (κ2) is 6.86. The first-order chi connectivity index (χ1) is 9.22. The Morgan fingerprint density at radius 3 is 2.84 bits per heavy atom. The SMILES string of the molecule is CCNc1cc(Sc2ncccc2Br)nc(CC)n1.